The Bertz CT molecular complexity index is 456. The highest BCUT2D eigenvalue weighted by atomic mass is 35.5. The molecular weight excluding hydrogens is 261 g/mol. The van der Waals surface area contributed by atoms with Crippen LogP contribution in [-0.4, -0.2) is 13.1 Å². The molecule has 0 aromatic heterocycles. The predicted octanol–water partition coefficient (Wildman–Crippen LogP) is 4.50. The Morgan fingerprint density at radius 3 is 2.84 bits per heavy atom. The van der Waals surface area contributed by atoms with E-state index < -0.39 is 0 Å². The van der Waals surface area contributed by atoms with Gasteiger partial charge in [0.1, 0.15) is 5.82 Å². The Morgan fingerprint density at radius 2 is 2.16 bits per heavy atom. The Labute approximate surface area is 119 Å². The molecule has 1 aliphatic carbocycles. The van der Waals surface area contributed by atoms with Crippen LogP contribution in [0.2, 0.25) is 5.02 Å². The van der Waals surface area contributed by atoms with Gasteiger partial charge < -0.3 is 5.32 Å². The Kier molecular flexibility index (Phi) is 5.41. The van der Waals surface area contributed by atoms with Crippen LogP contribution in [0.5, 0.6) is 0 Å². The van der Waals surface area contributed by atoms with E-state index in [1.807, 2.05) is 19.2 Å². The van der Waals surface area contributed by atoms with Crippen molar-refractivity contribution in [3.8, 4) is 0 Å². The highest BCUT2D eigenvalue weighted by Gasteiger charge is 2.15. The SMILES string of the molecule is CNC(CC1=CCCCC1)Cc1cccc(Cl)c1F. The first-order valence-electron chi connectivity index (χ1n) is 6.98. The van der Waals surface area contributed by atoms with Gasteiger partial charge in [-0.3, -0.25) is 0 Å². The summed E-state index contributed by atoms with van der Waals surface area (Å²) in [5.41, 5.74) is 2.20. The summed E-state index contributed by atoms with van der Waals surface area (Å²) < 4.78 is 13.9. The monoisotopic (exact) mass is 281 g/mol. The standard InChI is InChI=1S/C16H21ClFN/c1-19-14(10-12-6-3-2-4-7-12)11-13-8-5-9-15(17)16(13)18/h5-6,8-9,14,19H,2-4,7,10-11H2,1H3. The van der Waals surface area contributed by atoms with Crippen LogP contribution >= 0.6 is 11.6 Å². The van der Waals surface area contributed by atoms with Gasteiger partial charge >= 0.3 is 0 Å². The summed E-state index contributed by atoms with van der Waals surface area (Å²) in [6, 6.07) is 5.50. The first-order chi connectivity index (χ1) is 9.20. The molecule has 1 aromatic rings. The minimum atomic E-state index is -0.276. The molecule has 2 rings (SSSR count). The third-order valence-electron chi connectivity index (χ3n) is 3.80. The predicted molar refractivity (Wildman–Crippen MR) is 79.1 cm³/mol. The van der Waals surface area contributed by atoms with E-state index in [1.54, 1.807) is 6.07 Å². The zero-order valence-corrected chi connectivity index (χ0v) is 12.1. The van der Waals surface area contributed by atoms with Crippen LogP contribution in [0.4, 0.5) is 4.39 Å². The van der Waals surface area contributed by atoms with Crippen LogP contribution < -0.4 is 5.32 Å². The second-order valence-corrected chi connectivity index (χ2v) is 5.62. The molecule has 1 aromatic carbocycles. The molecule has 19 heavy (non-hydrogen) atoms. The zero-order valence-electron chi connectivity index (χ0n) is 11.4. The summed E-state index contributed by atoms with van der Waals surface area (Å²) in [6.07, 6.45) is 9.00. The fraction of sp³-hybridized carbons (Fsp3) is 0.500. The van der Waals surface area contributed by atoms with Gasteiger partial charge in [-0.2, -0.15) is 0 Å². The number of rotatable bonds is 5. The summed E-state index contributed by atoms with van der Waals surface area (Å²) >= 11 is 5.83. The molecule has 1 atom stereocenters. The van der Waals surface area contributed by atoms with Crippen molar-refractivity contribution in [2.45, 2.75) is 44.6 Å². The lowest BCUT2D eigenvalue weighted by Crippen LogP contribution is -2.28. The molecule has 0 saturated carbocycles. The number of likely N-dealkylation sites (N-methyl/N-ethyl adjacent to an activating group) is 1. The third kappa shape index (κ3) is 4.05. The van der Waals surface area contributed by atoms with Gasteiger partial charge in [0, 0.05) is 6.04 Å². The highest BCUT2D eigenvalue weighted by molar-refractivity contribution is 6.30. The molecule has 0 spiro atoms. The zero-order chi connectivity index (χ0) is 13.7. The van der Waals surface area contributed by atoms with E-state index in [0.717, 1.165) is 6.42 Å². The van der Waals surface area contributed by atoms with E-state index in [9.17, 15) is 4.39 Å². The molecule has 0 bridgehead atoms. The lowest BCUT2D eigenvalue weighted by Gasteiger charge is -2.21. The molecule has 3 heteroatoms. The Balaban J connectivity index is 2.02. The van der Waals surface area contributed by atoms with Crippen molar-refractivity contribution in [1.82, 2.24) is 5.32 Å². The van der Waals surface area contributed by atoms with Gasteiger partial charge in [0.05, 0.1) is 5.02 Å². The van der Waals surface area contributed by atoms with Crippen LogP contribution in [0, 0.1) is 5.82 Å². The van der Waals surface area contributed by atoms with Gasteiger partial charge in [0.25, 0.3) is 0 Å². The van der Waals surface area contributed by atoms with Crippen molar-refractivity contribution in [2.75, 3.05) is 7.05 Å². The first-order valence-corrected chi connectivity index (χ1v) is 7.36. The van der Waals surface area contributed by atoms with Crippen molar-refractivity contribution in [3.05, 3.63) is 46.3 Å². The second-order valence-electron chi connectivity index (χ2n) is 5.21. The average molecular weight is 282 g/mol. The van der Waals surface area contributed by atoms with Crippen LogP contribution in [0.25, 0.3) is 0 Å². The van der Waals surface area contributed by atoms with Gasteiger partial charge in [-0.05, 0) is 57.2 Å². The molecule has 0 heterocycles. The van der Waals surface area contributed by atoms with Crippen molar-refractivity contribution < 1.29 is 4.39 Å². The fourth-order valence-corrected chi connectivity index (χ4v) is 2.85. The number of benzene rings is 1. The van der Waals surface area contributed by atoms with E-state index in [0.29, 0.717) is 12.0 Å². The quantitative estimate of drug-likeness (QED) is 0.784. The van der Waals surface area contributed by atoms with Crippen molar-refractivity contribution >= 4 is 11.6 Å². The van der Waals surface area contributed by atoms with Gasteiger partial charge in [0.2, 0.25) is 0 Å². The van der Waals surface area contributed by atoms with Gasteiger partial charge in [-0.1, -0.05) is 35.4 Å². The summed E-state index contributed by atoms with van der Waals surface area (Å²) in [5.74, 6) is -0.276. The van der Waals surface area contributed by atoms with E-state index in [1.165, 1.54) is 31.3 Å². The number of halogens is 2. The van der Waals surface area contributed by atoms with Gasteiger partial charge in [-0.15, -0.1) is 0 Å². The minimum absolute atomic E-state index is 0.212. The summed E-state index contributed by atoms with van der Waals surface area (Å²) in [6.45, 7) is 0. The fourth-order valence-electron chi connectivity index (χ4n) is 2.65. The van der Waals surface area contributed by atoms with E-state index >= 15 is 0 Å². The Morgan fingerprint density at radius 1 is 1.32 bits per heavy atom. The summed E-state index contributed by atoms with van der Waals surface area (Å²) in [7, 11) is 1.94. The maximum atomic E-state index is 13.9. The molecule has 1 unspecified atom stereocenters. The molecule has 1 aliphatic rings. The number of nitrogens with one attached hydrogen (secondary N) is 1. The van der Waals surface area contributed by atoms with Gasteiger partial charge in [-0.25, -0.2) is 4.39 Å². The molecule has 0 fully saturated rings. The highest BCUT2D eigenvalue weighted by Crippen LogP contribution is 2.24. The molecule has 1 N–H and O–H groups in total. The van der Waals surface area contributed by atoms with Crippen LogP contribution in [-0.2, 0) is 6.42 Å². The van der Waals surface area contributed by atoms with E-state index in [2.05, 4.69) is 11.4 Å². The number of hydrogen-bond acceptors (Lipinski definition) is 1. The van der Waals surface area contributed by atoms with Crippen LogP contribution in [0.15, 0.2) is 29.8 Å². The van der Waals surface area contributed by atoms with E-state index in [4.69, 9.17) is 11.6 Å². The average Bonchev–Trinajstić information content (AvgIpc) is 2.44. The van der Waals surface area contributed by atoms with Crippen LogP contribution in [0.3, 0.4) is 0 Å². The molecule has 0 radical (unpaired) electrons. The lowest BCUT2D eigenvalue weighted by atomic mass is 9.92. The Hall–Kier alpha value is -0.860. The summed E-state index contributed by atoms with van der Waals surface area (Å²) in [4.78, 5) is 0. The topological polar surface area (TPSA) is 12.0 Å². The van der Waals surface area contributed by atoms with E-state index in [-0.39, 0.29) is 16.9 Å². The number of hydrogen-bond donors (Lipinski definition) is 1. The smallest absolute Gasteiger partial charge is 0.145 e. The molecule has 0 aliphatic heterocycles. The summed E-state index contributed by atoms with van der Waals surface area (Å²) in [5, 5.41) is 3.51. The van der Waals surface area contributed by atoms with Crippen molar-refractivity contribution in [1.29, 1.82) is 0 Å². The normalized spacial score (nSPS) is 17.1. The maximum Gasteiger partial charge on any atom is 0.145 e. The largest absolute Gasteiger partial charge is 0.316 e. The van der Waals surface area contributed by atoms with Crippen LogP contribution in [0.1, 0.15) is 37.7 Å². The molecule has 0 amide bonds. The molecule has 1 nitrogen and oxygen atoms in total. The second kappa shape index (κ2) is 7.06. The third-order valence-corrected chi connectivity index (χ3v) is 4.09. The number of allylic oxidation sites excluding steroid dienone is 1. The minimum Gasteiger partial charge on any atom is -0.316 e. The first kappa shape index (κ1) is 14.5. The van der Waals surface area contributed by atoms with Crippen molar-refractivity contribution in [3.63, 3.8) is 0 Å². The van der Waals surface area contributed by atoms with Crippen molar-refractivity contribution in [2.24, 2.45) is 0 Å². The molecule has 104 valence electrons. The lowest BCUT2D eigenvalue weighted by molar-refractivity contribution is 0.516. The molecule has 0 saturated heterocycles. The molecular formula is C16H21ClFN. The van der Waals surface area contributed by atoms with Gasteiger partial charge in [0.15, 0.2) is 0 Å². The maximum absolute atomic E-state index is 13.9.